The number of rotatable bonds is 5. The van der Waals surface area contributed by atoms with Gasteiger partial charge in [-0.15, -0.1) is 0 Å². The molecular weight excluding hydrogens is 524 g/mol. The van der Waals surface area contributed by atoms with Crippen LogP contribution in [0.5, 0.6) is 0 Å². The molecule has 7 atom stereocenters. The molecule has 0 aliphatic heterocycles. The molecule has 1 aromatic rings. The molecule has 0 amide bonds. The Labute approximate surface area is 241 Å². The van der Waals surface area contributed by atoms with Crippen molar-refractivity contribution in [2.24, 2.45) is 22.7 Å². The van der Waals surface area contributed by atoms with E-state index in [1.54, 1.807) is 13.0 Å². The Balaban J connectivity index is 1.80. The van der Waals surface area contributed by atoms with Gasteiger partial charge in [-0.25, -0.2) is 4.79 Å². The topological polar surface area (TPSA) is 116 Å². The van der Waals surface area contributed by atoms with E-state index in [-0.39, 0.29) is 12.2 Å². The average Bonchev–Trinajstić information content (AvgIpc) is 2.89. The van der Waals surface area contributed by atoms with Gasteiger partial charge in [-0.05, 0) is 53.5 Å². The molecule has 2 bridgehead atoms. The lowest BCUT2D eigenvalue weighted by Gasteiger charge is -2.59. The highest BCUT2D eigenvalue weighted by Gasteiger charge is 2.63. The lowest BCUT2D eigenvalue weighted by atomic mass is 9.49. The van der Waals surface area contributed by atoms with Gasteiger partial charge in [0.2, 0.25) is 0 Å². The molecule has 3 aliphatic carbocycles. The summed E-state index contributed by atoms with van der Waals surface area (Å²) in [5.74, 6) is -3.02. The van der Waals surface area contributed by atoms with Gasteiger partial charge in [0.25, 0.3) is 0 Å². The monoisotopic (exact) mass is 564 g/mol. The van der Waals surface area contributed by atoms with E-state index in [2.05, 4.69) is 6.58 Å². The Morgan fingerprint density at radius 3 is 2.27 bits per heavy atom. The van der Waals surface area contributed by atoms with Gasteiger partial charge >= 0.3 is 17.9 Å². The predicted octanol–water partition coefficient (Wildman–Crippen LogP) is 4.75. The van der Waals surface area contributed by atoms with Crippen molar-refractivity contribution in [1.82, 2.24) is 0 Å². The number of allylic oxidation sites excluding steroid dienone is 1. The summed E-state index contributed by atoms with van der Waals surface area (Å²) in [7, 11) is 0. The summed E-state index contributed by atoms with van der Waals surface area (Å²) < 4.78 is 17.8. The van der Waals surface area contributed by atoms with E-state index in [9.17, 15) is 24.3 Å². The quantitative estimate of drug-likeness (QED) is 0.236. The molecule has 8 nitrogen and oxygen atoms in total. The number of benzene rings is 1. The van der Waals surface area contributed by atoms with E-state index in [0.29, 0.717) is 29.6 Å². The smallest absolute Gasteiger partial charge is 0.331 e. The highest BCUT2D eigenvalue weighted by molar-refractivity contribution is 5.97. The zero-order valence-electron chi connectivity index (χ0n) is 24.6. The Morgan fingerprint density at radius 2 is 1.66 bits per heavy atom. The van der Waals surface area contributed by atoms with Crippen LogP contribution in [0.4, 0.5) is 0 Å². The lowest BCUT2D eigenvalue weighted by Crippen LogP contribution is -2.63. The third-order valence-electron chi connectivity index (χ3n) is 9.34. The molecule has 4 rings (SSSR count). The summed E-state index contributed by atoms with van der Waals surface area (Å²) >= 11 is 0. The third kappa shape index (κ3) is 5.67. The Morgan fingerprint density at radius 1 is 1.02 bits per heavy atom. The first-order valence-electron chi connectivity index (χ1n) is 14.1. The van der Waals surface area contributed by atoms with E-state index in [1.165, 1.54) is 19.9 Å². The predicted molar refractivity (Wildman–Crippen MR) is 152 cm³/mol. The third-order valence-corrected chi connectivity index (χ3v) is 9.34. The standard InChI is InChI=1S/C33H40O8/c1-18-24(36)17-23-30(39-20(3)34)28-19(2)25(41-26(37)14-13-22-11-9-8-10-12-22)15-16-33(28,7)31(40-21(4)35)29(38)27(18)32(23,5)6/h8-14,23,25,28-31,38H,2,15-17H2,1,3-7H3/b14-13+/t23-,25-,28-,29+,30+,31-,33+/m0/s1. The SMILES string of the molecule is C=C1[C@@H](OC(=O)/C=C/c2ccccc2)CC[C@@]2(C)[C@@H](OC(C)=O)[C@H](O)C3=C(C)C(=O)C[C@@H]([C@@H](OC(C)=O)[C@H]12)C3(C)C. The average molecular weight is 565 g/mol. The van der Waals surface area contributed by atoms with Crippen molar-refractivity contribution >= 4 is 29.8 Å². The molecule has 2 saturated carbocycles. The first-order valence-corrected chi connectivity index (χ1v) is 14.1. The van der Waals surface area contributed by atoms with Crippen molar-refractivity contribution in [1.29, 1.82) is 0 Å². The maximum absolute atomic E-state index is 13.3. The highest BCUT2D eigenvalue weighted by atomic mass is 16.6. The van der Waals surface area contributed by atoms with Crippen LogP contribution in [-0.2, 0) is 33.4 Å². The maximum atomic E-state index is 13.3. The van der Waals surface area contributed by atoms with Crippen molar-refractivity contribution in [3.8, 4) is 0 Å². The molecule has 2 fully saturated rings. The van der Waals surface area contributed by atoms with Crippen LogP contribution >= 0.6 is 0 Å². The van der Waals surface area contributed by atoms with Crippen molar-refractivity contribution < 1.29 is 38.5 Å². The first-order chi connectivity index (χ1) is 19.2. The van der Waals surface area contributed by atoms with Gasteiger partial charge in [0.05, 0.1) is 0 Å². The first kappa shape index (κ1) is 30.4. The molecule has 0 radical (unpaired) electrons. The minimum atomic E-state index is -1.27. The number of carbonyl (C=O) groups excluding carboxylic acids is 4. The van der Waals surface area contributed by atoms with Crippen molar-refractivity contribution in [3.05, 3.63) is 65.3 Å². The van der Waals surface area contributed by atoms with Crippen LogP contribution < -0.4 is 0 Å². The van der Waals surface area contributed by atoms with Crippen LogP contribution in [0, 0.1) is 22.7 Å². The fourth-order valence-electron chi connectivity index (χ4n) is 7.39. The summed E-state index contributed by atoms with van der Waals surface area (Å²) in [5, 5.41) is 11.9. The number of carbonyl (C=O) groups is 4. The van der Waals surface area contributed by atoms with E-state index in [1.807, 2.05) is 51.1 Å². The second-order valence-electron chi connectivity index (χ2n) is 12.3. The lowest BCUT2D eigenvalue weighted by molar-refractivity contribution is -0.196. The number of esters is 3. The fraction of sp³-hybridized carbons (Fsp3) is 0.515. The molecular formula is C33H40O8. The van der Waals surface area contributed by atoms with Gasteiger partial charge in [-0.2, -0.15) is 0 Å². The fourth-order valence-corrected chi connectivity index (χ4v) is 7.39. The number of hydrogen-bond acceptors (Lipinski definition) is 8. The number of Topliss-reactive ketones (excluding diaryl/α,β-unsaturated/α-hetero) is 1. The molecule has 220 valence electrons. The van der Waals surface area contributed by atoms with Crippen molar-refractivity contribution in [3.63, 3.8) is 0 Å². The Kier molecular flexibility index (Phi) is 8.46. The molecule has 0 heterocycles. The van der Waals surface area contributed by atoms with Gasteiger partial charge < -0.3 is 19.3 Å². The molecule has 3 aliphatic rings. The highest BCUT2D eigenvalue weighted by Crippen LogP contribution is 2.60. The van der Waals surface area contributed by atoms with Gasteiger partial charge in [0.15, 0.2) is 5.78 Å². The molecule has 1 aromatic carbocycles. The van der Waals surface area contributed by atoms with E-state index < -0.39 is 65.0 Å². The molecule has 0 unspecified atom stereocenters. The zero-order valence-corrected chi connectivity index (χ0v) is 24.6. The summed E-state index contributed by atoms with van der Waals surface area (Å²) in [4.78, 5) is 51.1. The van der Waals surface area contributed by atoms with Crippen LogP contribution in [-0.4, -0.2) is 53.2 Å². The van der Waals surface area contributed by atoms with Crippen LogP contribution in [0.1, 0.15) is 66.4 Å². The van der Waals surface area contributed by atoms with Gasteiger partial charge in [0.1, 0.15) is 24.4 Å². The van der Waals surface area contributed by atoms with Crippen LogP contribution in [0.2, 0.25) is 0 Å². The maximum Gasteiger partial charge on any atom is 0.331 e. The van der Waals surface area contributed by atoms with E-state index in [4.69, 9.17) is 14.2 Å². The largest absolute Gasteiger partial charge is 0.462 e. The molecule has 0 saturated heterocycles. The summed E-state index contributed by atoms with van der Waals surface area (Å²) in [6, 6.07) is 9.35. The van der Waals surface area contributed by atoms with Gasteiger partial charge in [-0.3, -0.25) is 14.4 Å². The van der Waals surface area contributed by atoms with Crippen LogP contribution in [0.3, 0.4) is 0 Å². The van der Waals surface area contributed by atoms with Gasteiger partial charge in [-0.1, -0.05) is 57.7 Å². The molecule has 41 heavy (non-hydrogen) atoms. The molecule has 8 heteroatoms. The van der Waals surface area contributed by atoms with Crippen molar-refractivity contribution in [2.75, 3.05) is 0 Å². The van der Waals surface area contributed by atoms with E-state index >= 15 is 0 Å². The number of hydrogen-bond donors (Lipinski definition) is 1. The molecule has 0 aromatic heterocycles. The number of fused-ring (bicyclic) bond motifs is 3. The van der Waals surface area contributed by atoms with Crippen LogP contribution in [0.15, 0.2) is 59.7 Å². The zero-order chi connectivity index (χ0) is 30.3. The molecule has 0 spiro atoms. The minimum Gasteiger partial charge on any atom is -0.462 e. The number of ketones is 1. The normalized spacial score (nSPS) is 33.0. The Bertz CT molecular complexity index is 1310. The number of ether oxygens (including phenoxy) is 3. The van der Waals surface area contributed by atoms with Crippen LogP contribution in [0.25, 0.3) is 6.08 Å². The number of aliphatic hydroxyl groups excluding tert-OH is 1. The summed E-state index contributed by atoms with van der Waals surface area (Å²) in [5.41, 5.74) is 0.522. The van der Waals surface area contributed by atoms with E-state index in [0.717, 1.165) is 5.56 Å². The number of aliphatic hydroxyl groups is 1. The van der Waals surface area contributed by atoms with Crippen molar-refractivity contribution in [2.45, 2.75) is 85.2 Å². The second-order valence-corrected chi connectivity index (χ2v) is 12.3. The Hall–Kier alpha value is -3.52. The molecule has 1 N–H and O–H groups in total. The second kappa shape index (κ2) is 11.4. The minimum absolute atomic E-state index is 0.107. The summed E-state index contributed by atoms with van der Waals surface area (Å²) in [6.45, 7) is 14.3. The van der Waals surface area contributed by atoms with Gasteiger partial charge in [0, 0.05) is 43.6 Å². The summed E-state index contributed by atoms with van der Waals surface area (Å²) in [6.07, 6.45) is -0.0447.